The van der Waals surface area contributed by atoms with Gasteiger partial charge in [-0.25, -0.2) is 0 Å². The van der Waals surface area contributed by atoms with Gasteiger partial charge in [0.2, 0.25) is 5.91 Å². The fourth-order valence-electron chi connectivity index (χ4n) is 4.72. The number of carbonyl (C=O) groups excluding carboxylic acids is 2. The van der Waals surface area contributed by atoms with Crippen molar-refractivity contribution in [2.24, 2.45) is 17.3 Å². The zero-order valence-electron chi connectivity index (χ0n) is 14.7. The van der Waals surface area contributed by atoms with Gasteiger partial charge in [0.1, 0.15) is 0 Å². The third kappa shape index (κ3) is 2.97. The lowest BCUT2D eigenvalue weighted by Gasteiger charge is -2.33. The molecule has 4 rings (SSSR count). The van der Waals surface area contributed by atoms with Crippen molar-refractivity contribution in [1.82, 2.24) is 10.2 Å². The van der Waals surface area contributed by atoms with Crippen LogP contribution in [0.2, 0.25) is 0 Å². The lowest BCUT2D eigenvalue weighted by Crippen LogP contribution is -2.47. The van der Waals surface area contributed by atoms with Crippen molar-refractivity contribution in [3.8, 4) is 0 Å². The number of amides is 2. The number of hydrogen-bond donors (Lipinski definition) is 2. The van der Waals surface area contributed by atoms with E-state index in [0.29, 0.717) is 25.1 Å². The Morgan fingerprint density at radius 3 is 2.62 bits per heavy atom. The first-order chi connectivity index (χ1) is 12.5. The molecule has 0 aromatic heterocycles. The number of likely N-dealkylation sites (tertiary alicyclic amines) is 1. The van der Waals surface area contributed by atoms with Crippen LogP contribution in [0.25, 0.3) is 0 Å². The van der Waals surface area contributed by atoms with E-state index in [1.807, 2.05) is 18.2 Å². The van der Waals surface area contributed by atoms with Crippen molar-refractivity contribution >= 4 is 17.8 Å². The highest BCUT2D eigenvalue weighted by Gasteiger charge is 2.65. The van der Waals surface area contributed by atoms with E-state index < -0.39 is 11.4 Å². The normalized spacial score (nSPS) is 32.6. The maximum Gasteiger partial charge on any atom is 0.310 e. The molecule has 2 amide bonds. The van der Waals surface area contributed by atoms with Gasteiger partial charge in [-0.2, -0.15) is 0 Å². The summed E-state index contributed by atoms with van der Waals surface area (Å²) in [4.78, 5) is 38.4. The lowest BCUT2D eigenvalue weighted by atomic mass is 9.95. The molecule has 1 aromatic rings. The molecule has 0 radical (unpaired) electrons. The SMILES string of the molecule is O=C(N[C@H]1C[C@@H]2C[C@]2(C(=O)O)C1)C1CCCN(C(=O)c2ccccc2)C1. The van der Waals surface area contributed by atoms with Crippen LogP contribution in [0.15, 0.2) is 30.3 Å². The van der Waals surface area contributed by atoms with Gasteiger partial charge in [0.25, 0.3) is 5.91 Å². The van der Waals surface area contributed by atoms with Crippen LogP contribution in [0, 0.1) is 17.3 Å². The van der Waals surface area contributed by atoms with Gasteiger partial charge in [-0.3, -0.25) is 14.4 Å². The van der Waals surface area contributed by atoms with E-state index in [2.05, 4.69) is 5.32 Å². The Morgan fingerprint density at radius 2 is 1.92 bits per heavy atom. The van der Waals surface area contributed by atoms with E-state index >= 15 is 0 Å². The third-order valence-electron chi connectivity index (χ3n) is 6.28. The van der Waals surface area contributed by atoms with Gasteiger partial charge in [-0.15, -0.1) is 0 Å². The molecule has 1 aromatic carbocycles. The number of rotatable bonds is 4. The van der Waals surface area contributed by atoms with Crippen LogP contribution in [-0.2, 0) is 9.59 Å². The molecule has 1 heterocycles. The molecule has 1 saturated heterocycles. The maximum absolute atomic E-state index is 12.7. The zero-order chi connectivity index (χ0) is 18.3. The second kappa shape index (κ2) is 6.41. The van der Waals surface area contributed by atoms with E-state index in [-0.39, 0.29) is 29.7 Å². The molecule has 1 aliphatic heterocycles. The van der Waals surface area contributed by atoms with Gasteiger partial charge in [-0.1, -0.05) is 18.2 Å². The van der Waals surface area contributed by atoms with Crippen LogP contribution in [0.4, 0.5) is 0 Å². The van der Waals surface area contributed by atoms with Gasteiger partial charge < -0.3 is 15.3 Å². The number of benzene rings is 1. The summed E-state index contributed by atoms with van der Waals surface area (Å²) in [5, 5.41) is 12.4. The maximum atomic E-state index is 12.7. The minimum atomic E-state index is -0.725. The Kier molecular flexibility index (Phi) is 4.21. The number of hydrogen-bond acceptors (Lipinski definition) is 3. The molecular formula is C20H24N2O4. The third-order valence-corrected chi connectivity index (χ3v) is 6.28. The molecule has 138 valence electrons. The predicted molar refractivity (Wildman–Crippen MR) is 94.4 cm³/mol. The summed E-state index contributed by atoms with van der Waals surface area (Å²) in [6.45, 7) is 1.10. The summed E-state index contributed by atoms with van der Waals surface area (Å²) in [7, 11) is 0. The van der Waals surface area contributed by atoms with E-state index in [1.54, 1.807) is 17.0 Å². The molecule has 0 bridgehead atoms. The molecule has 3 aliphatic rings. The zero-order valence-corrected chi connectivity index (χ0v) is 14.7. The second-order valence-electron chi connectivity index (χ2n) is 7.96. The van der Waals surface area contributed by atoms with Crippen molar-refractivity contribution in [3.05, 3.63) is 35.9 Å². The predicted octanol–water partition coefficient (Wildman–Crippen LogP) is 1.91. The number of carboxylic acid groups (broad SMARTS) is 1. The highest BCUT2D eigenvalue weighted by atomic mass is 16.4. The number of carbonyl (C=O) groups is 3. The summed E-state index contributed by atoms with van der Waals surface area (Å²) in [5.74, 6) is -0.795. The molecule has 0 spiro atoms. The Morgan fingerprint density at radius 1 is 1.15 bits per heavy atom. The first kappa shape index (κ1) is 17.1. The van der Waals surface area contributed by atoms with Crippen molar-refractivity contribution in [1.29, 1.82) is 0 Å². The molecule has 1 unspecified atom stereocenters. The summed E-state index contributed by atoms with van der Waals surface area (Å²) in [5.41, 5.74) is 0.0626. The Bertz CT molecular complexity index is 735. The highest BCUT2D eigenvalue weighted by molar-refractivity contribution is 5.94. The minimum absolute atomic E-state index is 0.0324. The topological polar surface area (TPSA) is 86.7 Å². The molecular weight excluding hydrogens is 332 g/mol. The molecule has 26 heavy (non-hydrogen) atoms. The quantitative estimate of drug-likeness (QED) is 0.863. The van der Waals surface area contributed by atoms with Crippen molar-refractivity contribution in [2.45, 2.75) is 38.1 Å². The molecule has 2 aliphatic carbocycles. The van der Waals surface area contributed by atoms with Crippen LogP contribution in [0.1, 0.15) is 42.5 Å². The minimum Gasteiger partial charge on any atom is -0.481 e. The van der Waals surface area contributed by atoms with Gasteiger partial charge in [-0.05, 0) is 50.2 Å². The Balaban J connectivity index is 1.34. The fourth-order valence-corrected chi connectivity index (χ4v) is 4.72. The molecule has 4 atom stereocenters. The lowest BCUT2D eigenvalue weighted by molar-refractivity contribution is -0.144. The Hall–Kier alpha value is -2.37. The Labute approximate surface area is 152 Å². The van der Waals surface area contributed by atoms with Crippen LogP contribution in [-0.4, -0.2) is 46.9 Å². The molecule has 6 nitrogen and oxygen atoms in total. The van der Waals surface area contributed by atoms with Crippen molar-refractivity contribution < 1.29 is 19.5 Å². The standard InChI is InChI=1S/C20H24N2O4/c23-17(21-16-9-15-10-20(15,11-16)19(25)26)14-7-4-8-22(12-14)18(24)13-5-2-1-3-6-13/h1-3,5-6,14-16H,4,7-12H2,(H,21,23)(H,25,26)/t14?,15-,16+,20+/m1/s1. The van der Waals surface area contributed by atoms with E-state index in [4.69, 9.17) is 0 Å². The number of fused-ring (bicyclic) bond motifs is 1. The summed E-state index contributed by atoms with van der Waals surface area (Å²) in [6, 6.07) is 9.09. The molecule has 2 N–H and O–H groups in total. The monoisotopic (exact) mass is 356 g/mol. The average Bonchev–Trinajstić information content (AvgIpc) is 3.24. The van der Waals surface area contributed by atoms with Crippen LogP contribution < -0.4 is 5.32 Å². The summed E-state index contributed by atoms with van der Waals surface area (Å²) < 4.78 is 0. The van der Waals surface area contributed by atoms with E-state index in [0.717, 1.165) is 25.7 Å². The molecule has 2 saturated carbocycles. The van der Waals surface area contributed by atoms with Gasteiger partial charge in [0.15, 0.2) is 0 Å². The van der Waals surface area contributed by atoms with Crippen LogP contribution >= 0.6 is 0 Å². The fraction of sp³-hybridized carbons (Fsp3) is 0.550. The average molecular weight is 356 g/mol. The first-order valence-corrected chi connectivity index (χ1v) is 9.38. The van der Waals surface area contributed by atoms with Crippen molar-refractivity contribution in [3.63, 3.8) is 0 Å². The first-order valence-electron chi connectivity index (χ1n) is 9.38. The summed E-state index contributed by atoms with van der Waals surface area (Å²) >= 11 is 0. The smallest absolute Gasteiger partial charge is 0.310 e. The van der Waals surface area contributed by atoms with Gasteiger partial charge in [0.05, 0.1) is 11.3 Å². The number of nitrogens with zero attached hydrogens (tertiary/aromatic N) is 1. The van der Waals surface area contributed by atoms with Crippen LogP contribution in [0.3, 0.4) is 0 Å². The number of aliphatic carboxylic acids is 1. The largest absolute Gasteiger partial charge is 0.481 e. The number of nitrogens with one attached hydrogen (secondary N) is 1. The number of piperidine rings is 1. The van der Waals surface area contributed by atoms with Gasteiger partial charge in [0, 0.05) is 24.7 Å². The highest BCUT2D eigenvalue weighted by Crippen LogP contribution is 2.63. The van der Waals surface area contributed by atoms with Crippen molar-refractivity contribution in [2.75, 3.05) is 13.1 Å². The van der Waals surface area contributed by atoms with E-state index in [1.165, 1.54) is 0 Å². The van der Waals surface area contributed by atoms with E-state index in [9.17, 15) is 19.5 Å². The number of carboxylic acids is 1. The summed E-state index contributed by atoms with van der Waals surface area (Å²) in [6.07, 6.45) is 3.63. The second-order valence-corrected chi connectivity index (χ2v) is 7.96. The molecule has 6 heteroatoms. The molecule has 3 fully saturated rings. The van der Waals surface area contributed by atoms with Crippen LogP contribution in [0.5, 0.6) is 0 Å². The van der Waals surface area contributed by atoms with Gasteiger partial charge >= 0.3 is 5.97 Å².